The molecule has 0 atom stereocenters. The van der Waals surface area contributed by atoms with Crippen molar-refractivity contribution < 1.29 is 19.0 Å². The van der Waals surface area contributed by atoms with Gasteiger partial charge in [-0.3, -0.25) is 0 Å². The Hall–Kier alpha value is -2.32. The van der Waals surface area contributed by atoms with Crippen LogP contribution in [0.15, 0.2) is 59.7 Å². The second kappa shape index (κ2) is 8.58. The molecule has 0 aromatic heterocycles. The van der Waals surface area contributed by atoms with E-state index in [4.69, 9.17) is 25.8 Å². The van der Waals surface area contributed by atoms with Gasteiger partial charge in [0.25, 0.3) is 0 Å². The quantitative estimate of drug-likeness (QED) is 0.249. The minimum absolute atomic E-state index is 0.182. The van der Waals surface area contributed by atoms with Gasteiger partial charge in [-0.15, -0.1) is 0 Å². The molecule has 0 amide bonds. The average Bonchev–Trinajstić information content (AvgIpc) is 3.02. The standard InChI is InChI=1S/C20H15ClINO4/c1-3-8-26-17-7-4-12(10-18(17)25-2)9-16-20(24)27-19(23-16)14-11-13(22)5-6-15(14)21/h3-7,9-11H,1,8H2,2H3/b16-9+. The van der Waals surface area contributed by atoms with Crippen LogP contribution in [0.1, 0.15) is 11.1 Å². The zero-order chi connectivity index (χ0) is 19.4. The number of hydrogen-bond donors (Lipinski definition) is 0. The zero-order valence-electron chi connectivity index (χ0n) is 14.4. The lowest BCUT2D eigenvalue weighted by atomic mass is 10.1. The van der Waals surface area contributed by atoms with E-state index in [-0.39, 0.29) is 11.6 Å². The third-order valence-corrected chi connectivity index (χ3v) is 4.63. The summed E-state index contributed by atoms with van der Waals surface area (Å²) >= 11 is 8.36. The van der Waals surface area contributed by atoms with E-state index in [1.165, 1.54) is 0 Å². The van der Waals surface area contributed by atoms with Crippen LogP contribution in [-0.2, 0) is 9.53 Å². The molecule has 3 rings (SSSR count). The summed E-state index contributed by atoms with van der Waals surface area (Å²) in [6.07, 6.45) is 3.27. The molecule has 0 radical (unpaired) electrons. The molecule has 0 aliphatic carbocycles. The third-order valence-electron chi connectivity index (χ3n) is 3.63. The molecule has 0 saturated heterocycles. The lowest BCUT2D eigenvalue weighted by Crippen LogP contribution is -2.06. The van der Waals surface area contributed by atoms with E-state index in [2.05, 4.69) is 34.2 Å². The van der Waals surface area contributed by atoms with Gasteiger partial charge in [-0.05, 0) is 64.6 Å². The average molecular weight is 496 g/mol. The highest BCUT2D eigenvalue weighted by molar-refractivity contribution is 14.1. The highest BCUT2D eigenvalue weighted by atomic mass is 127. The predicted octanol–water partition coefficient (Wildman–Crippen LogP) is 4.86. The van der Waals surface area contributed by atoms with Crippen LogP contribution in [0, 0.1) is 3.57 Å². The number of aliphatic imine (C=N–C) groups is 1. The van der Waals surface area contributed by atoms with E-state index < -0.39 is 5.97 Å². The molecule has 138 valence electrons. The fraction of sp³-hybridized carbons (Fsp3) is 0.100. The number of esters is 1. The number of hydrogen-bond acceptors (Lipinski definition) is 5. The van der Waals surface area contributed by atoms with Crippen molar-refractivity contribution in [3.8, 4) is 11.5 Å². The van der Waals surface area contributed by atoms with Crippen molar-refractivity contribution in [3.05, 3.63) is 74.5 Å². The molecule has 0 saturated carbocycles. The van der Waals surface area contributed by atoms with Gasteiger partial charge in [-0.2, -0.15) is 0 Å². The molecular formula is C20H15ClINO4. The first-order valence-electron chi connectivity index (χ1n) is 7.91. The normalized spacial score (nSPS) is 14.7. The summed E-state index contributed by atoms with van der Waals surface area (Å²) in [7, 11) is 1.55. The van der Waals surface area contributed by atoms with Crippen LogP contribution in [0.5, 0.6) is 11.5 Å². The number of carbonyl (C=O) groups excluding carboxylic acids is 1. The van der Waals surface area contributed by atoms with Crippen molar-refractivity contribution in [2.75, 3.05) is 13.7 Å². The lowest BCUT2D eigenvalue weighted by Gasteiger charge is -2.09. The summed E-state index contributed by atoms with van der Waals surface area (Å²) in [5.74, 6) is 0.782. The van der Waals surface area contributed by atoms with Gasteiger partial charge in [-0.25, -0.2) is 9.79 Å². The van der Waals surface area contributed by atoms with Crippen LogP contribution < -0.4 is 9.47 Å². The smallest absolute Gasteiger partial charge is 0.363 e. The molecule has 5 nitrogen and oxygen atoms in total. The number of methoxy groups -OCH3 is 1. The molecule has 27 heavy (non-hydrogen) atoms. The Morgan fingerprint density at radius 3 is 2.81 bits per heavy atom. The first kappa shape index (κ1) is 19.4. The van der Waals surface area contributed by atoms with Gasteiger partial charge in [0, 0.05) is 3.57 Å². The summed E-state index contributed by atoms with van der Waals surface area (Å²) < 4.78 is 17.1. The molecule has 1 heterocycles. The molecule has 2 aromatic rings. The van der Waals surface area contributed by atoms with Gasteiger partial charge < -0.3 is 14.2 Å². The number of halogens is 2. The minimum Gasteiger partial charge on any atom is -0.493 e. The Morgan fingerprint density at radius 1 is 1.26 bits per heavy atom. The first-order chi connectivity index (χ1) is 13.0. The van der Waals surface area contributed by atoms with E-state index in [0.29, 0.717) is 28.7 Å². The fourth-order valence-corrected chi connectivity index (χ4v) is 3.08. The Labute approximate surface area is 175 Å². The molecule has 1 aliphatic heterocycles. The largest absolute Gasteiger partial charge is 0.493 e. The van der Waals surface area contributed by atoms with E-state index in [0.717, 1.165) is 9.13 Å². The topological polar surface area (TPSA) is 57.1 Å². The van der Waals surface area contributed by atoms with E-state index in [9.17, 15) is 4.79 Å². The molecule has 0 unspecified atom stereocenters. The first-order valence-corrected chi connectivity index (χ1v) is 9.37. The maximum absolute atomic E-state index is 12.2. The monoisotopic (exact) mass is 495 g/mol. The second-order valence-corrected chi connectivity index (χ2v) is 7.12. The number of benzene rings is 2. The van der Waals surface area contributed by atoms with Crippen molar-refractivity contribution in [1.29, 1.82) is 0 Å². The molecule has 0 fully saturated rings. The second-order valence-electron chi connectivity index (χ2n) is 5.47. The third kappa shape index (κ3) is 4.51. The van der Waals surface area contributed by atoms with Gasteiger partial charge in [0.1, 0.15) is 6.61 Å². The van der Waals surface area contributed by atoms with Crippen LogP contribution in [0.4, 0.5) is 0 Å². The lowest BCUT2D eigenvalue weighted by molar-refractivity contribution is -0.129. The van der Waals surface area contributed by atoms with Crippen LogP contribution in [-0.4, -0.2) is 25.6 Å². The Bertz CT molecular complexity index is 968. The highest BCUT2D eigenvalue weighted by Crippen LogP contribution is 2.30. The molecule has 1 aliphatic rings. The Kier molecular flexibility index (Phi) is 6.18. The minimum atomic E-state index is -0.536. The van der Waals surface area contributed by atoms with Gasteiger partial charge in [0.2, 0.25) is 5.90 Å². The highest BCUT2D eigenvalue weighted by Gasteiger charge is 2.26. The maximum atomic E-state index is 12.2. The van der Waals surface area contributed by atoms with Gasteiger partial charge >= 0.3 is 5.97 Å². The van der Waals surface area contributed by atoms with E-state index >= 15 is 0 Å². The van der Waals surface area contributed by atoms with E-state index in [1.807, 2.05) is 12.1 Å². The van der Waals surface area contributed by atoms with Crippen molar-refractivity contribution >= 4 is 52.1 Å². The van der Waals surface area contributed by atoms with Crippen molar-refractivity contribution in [2.24, 2.45) is 4.99 Å². The Morgan fingerprint density at radius 2 is 2.07 bits per heavy atom. The van der Waals surface area contributed by atoms with Crippen LogP contribution in [0.2, 0.25) is 5.02 Å². The maximum Gasteiger partial charge on any atom is 0.363 e. The van der Waals surface area contributed by atoms with Crippen molar-refractivity contribution in [1.82, 2.24) is 0 Å². The number of rotatable bonds is 6. The summed E-state index contributed by atoms with van der Waals surface area (Å²) in [5, 5.41) is 0.466. The van der Waals surface area contributed by atoms with Crippen molar-refractivity contribution in [2.45, 2.75) is 0 Å². The predicted molar refractivity (Wildman–Crippen MR) is 113 cm³/mol. The molecule has 0 bridgehead atoms. The number of carbonyl (C=O) groups is 1. The molecule has 0 spiro atoms. The molecule has 2 aromatic carbocycles. The number of ether oxygens (including phenoxy) is 3. The molecule has 0 N–H and O–H groups in total. The zero-order valence-corrected chi connectivity index (χ0v) is 17.3. The van der Waals surface area contributed by atoms with Gasteiger partial charge in [-0.1, -0.05) is 30.3 Å². The van der Waals surface area contributed by atoms with Crippen LogP contribution in [0.3, 0.4) is 0 Å². The van der Waals surface area contributed by atoms with Gasteiger partial charge in [0.15, 0.2) is 17.2 Å². The molecule has 7 heteroatoms. The fourth-order valence-electron chi connectivity index (χ4n) is 2.39. The van der Waals surface area contributed by atoms with Crippen molar-refractivity contribution in [3.63, 3.8) is 0 Å². The van der Waals surface area contributed by atoms with Crippen LogP contribution in [0.25, 0.3) is 6.08 Å². The summed E-state index contributed by atoms with van der Waals surface area (Å²) in [6, 6.07) is 10.7. The van der Waals surface area contributed by atoms with Gasteiger partial charge in [0.05, 0.1) is 17.7 Å². The number of nitrogens with zero attached hydrogens (tertiary/aromatic N) is 1. The van der Waals surface area contributed by atoms with Crippen LogP contribution >= 0.6 is 34.2 Å². The van der Waals surface area contributed by atoms with E-state index in [1.54, 1.807) is 43.5 Å². The number of cyclic esters (lactones) is 1. The summed E-state index contributed by atoms with van der Waals surface area (Å²) in [6.45, 7) is 3.99. The Balaban J connectivity index is 1.92. The molecular weight excluding hydrogens is 481 g/mol. The summed E-state index contributed by atoms with van der Waals surface area (Å²) in [5.41, 5.74) is 1.48. The summed E-state index contributed by atoms with van der Waals surface area (Å²) in [4.78, 5) is 16.5. The SMILES string of the molecule is C=CCOc1ccc(/C=C2/N=C(c3cc(I)ccc3Cl)OC2=O)cc1OC.